The molecule has 0 aromatic carbocycles. The summed E-state index contributed by atoms with van der Waals surface area (Å²) in [4.78, 5) is 18.3. The van der Waals surface area contributed by atoms with Gasteiger partial charge >= 0.3 is 6.18 Å². The molecule has 5 rings (SSSR count). The van der Waals surface area contributed by atoms with E-state index < -0.39 is 12.0 Å². The number of rotatable bonds is 2. The maximum Gasteiger partial charge on any atom is 0.453 e. The molecule has 1 saturated heterocycles. The highest BCUT2D eigenvalue weighted by atomic mass is 32.1. The fraction of sp³-hybridized carbons (Fsp3) is 0.474. The van der Waals surface area contributed by atoms with Crippen molar-refractivity contribution >= 4 is 28.7 Å². The Kier molecular flexibility index (Phi) is 4.64. The second-order valence-corrected chi connectivity index (χ2v) is 8.65. The van der Waals surface area contributed by atoms with Crippen LogP contribution in [0.25, 0.3) is 5.65 Å². The SMILES string of the molecule is O=C(C1CCCN(c2ccc3nnc(C(F)(F)F)n3n2)C1)N1CCc2sccc2C1. The van der Waals surface area contributed by atoms with Crippen LogP contribution in [0, 0.1) is 5.92 Å². The average molecular weight is 436 g/mol. The molecule has 30 heavy (non-hydrogen) atoms. The van der Waals surface area contributed by atoms with Crippen molar-refractivity contribution < 1.29 is 18.0 Å². The van der Waals surface area contributed by atoms with Gasteiger partial charge in [-0.25, -0.2) is 0 Å². The van der Waals surface area contributed by atoms with Crippen molar-refractivity contribution in [2.75, 3.05) is 24.5 Å². The quantitative estimate of drug-likeness (QED) is 0.618. The number of nitrogens with zero attached hydrogens (tertiary/aromatic N) is 6. The first kappa shape index (κ1) is 19.3. The van der Waals surface area contributed by atoms with Gasteiger partial charge in [-0.05, 0) is 48.4 Å². The molecule has 0 N–H and O–H groups in total. The molecule has 11 heteroatoms. The minimum absolute atomic E-state index is 0.0376. The van der Waals surface area contributed by atoms with Gasteiger partial charge in [-0.15, -0.1) is 26.6 Å². The summed E-state index contributed by atoms with van der Waals surface area (Å²) in [6, 6.07) is 5.18. The van der Waals surface area contributed by atoms with Crippen LogP contribution in [0.4, 0.5) is 19.0 Å². The number of carbonyl (C=O) groups excluding carboxylic acids is 1. The third kappa shape index (κ3) is 3.40. The van der Waals surface area contributed by atoms with Crippen LogP contribution in [0.1, 0.15) is 29.1 Å². The Balaban J connectivity index is 1.35. The number of thiophene rings is 1. The molecule has 1 atom stereocenters. The largest absolute Gasteiger partial charge is 0.453 e. The molecule has 1 fully saturated rings. The van der Waals surface area contributed by atoms with Crippen molar-refractivity contribution in [3.63, 3.8) is 0 Å². The van der Waals surface area contributed by atoms with Gasteiger partial charge in [0.2, 0.25) is 5.91 Å². The van der Waals surface area contributed by atoms with Gasteiger partial charge in [-0.3, -0.25) is 4.79 Å². The minimum Gasteiger partial charge on any atom is -0.354 e. The van der Waals surface area contributed by atoms with E-state index in [1.165, 1.54) is 16.5 Å². The number of fused-ring (bicyclic) bond motifs is 2. The van der Waals surface area contributed by atoms with Gasteiger partial charge in [-0.1, -0.05) is 0 Å². The number of hydrogen-bond donors (Lipinski definition) is 0. The van der Waals surface area contributed by atoms with Gasteiger partial charge in [-0.2, -0.15) is 17.7 Å². The molecule has 0 radical (unpaired) electrons. The zero-order chi connectivity index (χ0) is 20.9. The maximum atomic E-state index is 13.2. The summed E-state index contributed by atoms with van der Waals surface area (Å²) in [6.07, 6.45) is -2.21. The Morgan fingerprint density at radius 1 is 1.17 bits per heavy atom. The van der Waals surface area contributed by atoms with Crippen LogP contribution in [-0.4, -0.2) is 50.3 Å². The van der Waals surface area contributed by atoms with Gasteiger partial charge in [0.15, 0.2) is 5.65 Å². The van der Waals surface area contributed by atoms with E-state index in [1.807, 2.05) is 9.80 Å². The molecule has 0 bridgehead atoms. The number of halogens is 3. The summed E-state index contributed by atoms with van der Waals surface area (Å²) in [5.41, 5.74) is 1.25. The predicted octanol–water partition coefficient (Wildman–Crippen LogP) is 3.01. The summed E-state index contributed by atoms with van der Waals surface area (Å²) in [5.74, 6) is -0.842. The maximum absolute atomic E-state index is 13.2. The lowest BCUT2D eigenvalue weighted by Crippen LogP contribution is -2.46. The van der Waals surface area contributed by atoms with E-state index in [0.717, 1.165) is 23.8 Å². The summed E-state index contributed by atoms with van der Waals surface area (Å²) in [6.45, 7) is 2.42. The number of alkyl halides is 3. The number of amides is 1. The molecule has 5 heterocycles. The van der Waals surface area contributed by atoms with E-state index >= 15 is 0 Å². The van der Waals surface area contributed by atoms with Crippen molar-refractivity contribution in [2.45, 2.75) is 32.0 Å². The van der Waals surface area contributed by atoms with Crippen molar-refractivity contribution in [3.8, 4) is 0 Å². The second kappa shape index (κ2) is 7.22. The number of hydrogen-bond acceptors (Lipinski definition) is 6. The third-order valence-electron chi connectivity index (χ3n) is 5.72. The summed E-state index contributed by atoms with van der Waals surface area (Å²) >= 11 is 1.73. The van der Waals surface area contributed by atoms with Gasteiger partial charge < -0.3 is 9.80 Å². The van der Waals surface area contributed by atoms with Gasteiger partial charge in [0.1, 0.15) is 5.82 Å². The van der Waals surface area contributed by atoms with Crippen LogP contribution in [0.3, 0.4) is 0 Å². The van der Waals surface area contributed by atoms with Crippen molar-refractivity contribution in [1.29, 1.82) is 0 Å². The highest BCUT2D eigenvalue weighted by Crippen LogP contribution is 2.30. The van der Waals surface area contributed by atoms with Crippen LogP contribution in [0.5, 0.6) is 0 Å². The first-order valence-electron chi connectivity index (χ1n) is 9.79. The Morgan fingerprint density at radius 2 is 2.03 bits per heavy atom. The fourth-order valence-electron chi connectivity index (χ4n) is 4.21. The zero-order valence-electron chi connectivity index (χ0n) is 16.0. The Bertz CT molecular complexity index is 1090. The summed E-state index contributed by atoms with van der Waals surface area (Å²) in [7, 11) is 0. The molecule has 0 saturated carbocycles. The second-order valence-electron chi connectivity index (χ2n) is 7.65. The molecule has 3 aromatic heterocycles. The zero-order valence-corrected chi connectivity index (χ0v) is 16.8. The average Bonchev–Trinajstić information content (AvgIpc) is 3.38. The van der Waals surface area contributed by atoms with Crippen LogP contribution in [-0.2, 0) is 23.9 Å². The minimum atomic E-state index is -4.64. The first-order chi connectivity index (χ1) is 14.4. The Labute approximate surface area is 174 Å². The number of piperidine rings is 1. The number of anilines is 1. The molecule has 7 nitrogen and oxygen atoms in total. The monoisotopic (exact) mass is 436 g/mol. The molecule has 2 aliphatic heterocycles. The van der Waals surface area contributed by atoms with E-state index in [-0.39, 0.29) is 17.5 Å². The summed E-state index contributed by atoms with van der Waals surface area (Å²) < 4.78 is 40.2. The van der Waals surface area contributed by atoms with Crippen LogP contribution >= 0.6 is 11.3 Å². The highest BCUT2D eigenvalue weighted by Gasteiger charge is 2.38. The fourth-order valence-corrected chi connectivity index (χ4v) is 5.10. The predicted molar refractivity (Wildman–Crippen MR) is 104 cm³/mol. The van der Waals surface area contributed by atoms with Crippen LogP contribution in [0.15, 0.2) is 23.6 Å². The van der Waals surface area contributed by atoms with Crippen molar-refractivity contribution in [3.05, 3.63) is 39.8 Å². The molecule has 2 aliphatic rings. The molecule has 3 aromatic rings. The molecule has 0 aliphatic carbocycles. The van der Waals surface area contributed by atoms with E-state index in [1.54, 1.807) is 17.4 Å². The van der Waals surface area contributed by atoms with Gasteiger partial charge in [0.25, 0.3) is 5.82 Å². The first-order valence-corrected chi connectivity index (χ1v) is 10.7. The molecular weight excluding hydrogens is 417 g/mol. The number of aromatic nitrogens is 4. The third-order valence-corrected chi connectivity index (χ3v) is 6.74. The van der Waals surface area contributed by atoms with Crippen LogP contribution < -0.4 is 4.90 Å². The Hall–Kier alpha value is -2.69. The van der Waals surface area contributed by atoms with Crippen molar-refractivity contribution in [1.82, 2.24) is 24.7 Å². The van der Waals surface area contributed by atoms with Crippen molar-refractivity contribution in [2.24, 2.45) is 5.92 Å². The molecular formula is C19H19F3N6OS. The summed E-state index contributed by atoms with van der Waals surface area (Å²) in [5, 5.41) is 12.9. The van der Waals surface area contributed by atoms with E-state index in [0.29, 0.717) is 32.0 Å². The molecule has 158 valence electrons. The lowest BCUT2D eigenvalue weighted by atomic mass is 9.95. The smallest absolute Gasteiger partial charge is 0.354 e. The molecule has 1 amide bonds. The molecule has 0 spiro atoms. The normalized spacial score (nSPS) is 19.9. The standard InChI is InChI=1S/C19H19F3N6OS/c20-19(21,22)18-24-23-15-3-4-16(25-28(15)18)26-7-1-2-13(11-26)17(29)27-8-5-14-12(10-27)6-9-30-14/h3-4,6,9,13H,1-2,5,7-8,10-11H2. The van der Waals surface area contributed by atoms with E-state index in [9.17, 15) is 18.0 Å². The number of carbonyl (C=O) groups is 1. The molecule has 1 unspecified atom stereocenters. The topological polar surface area (TPSA) is 66.6 Å². The van der Waals surface area contributed by atoms with E-state index in [2.05, 4.69) is 26.7 Å². The van der Waals surface area contributed by atoms with E-state index in [4.69, 9.17) is 0 Å². The highest BCUT2D eigenvalue weighted by molar-refractivity contribution is 7.10. The lowest BCUT2D eigenvalue weighted by Gasteiger charge is -2.36. The Morgan fingerprint density at radius 3 is 2.87 bits per heavy atom. The van der Waals surface area contributed by atoms with Crippen LogP contribution in [0.2, 0.25) is 0 Å². The van der Waals surface area contributed by atoms with Gasteiger partial charge in [0.05, 0.1) is 5.92 Å². The lowest BCUT2D eigenvalue weighted by molar-refractivity contribution is -0.146. The van der Waals surface area contributed by atoms with Gasteiger partial charge in [0, 0.05) is 31.1 Å².